The maximum Gasteiger partial charge on any atom is 0.320 e. The van der Waals surface area contributed by atoms with Gasteiger partial charge in [0.1, 0.15) is 11.8 Å². The fraction of sp³-hybridized carbons (Fsp3) is 0.417. The van der Waals surface area contributed by atoms with E-state index in [9.17, 15) is 4.79 Å². The van der Waals surface area contributed by atoms with Gasteiger partial charge in [-0.15, -0.1) is 0 Å². The van der Waals surface area contributed by atoms with Crippen LogP contribution in [0, 0.1) is 0 Å². The first-order chi connectivity index (χ1) is 7.49. The highest BCUT2D eigenvalue weighted by molar-refractivity contribution is 5.73. The summed E-state index contributed by atoms with van der Waals surface area (Å²) in [5.74, 6) is -0.250. The largest absolute Gasteiger partial charge is 0.491 e. The van der Waals surface area contributed by atoms with Gasteiger partial charge in [-0.25, -0.2) is 0 Å². The van der Waals surface area contributed by atoms with Crippen molar-refractivity contribution in [1.29, 1.82) is 0 Å². The second-order valence-corrected chi connectivity index (χ2v) is 3.96. The van der Waals surface area contributed by atoms with Crippen molar-refractivity contribution in [3.63, 3.8) is 0 Å². The zero-order valence-corrected chi connectivity index (χ0v) is 9.51. The second kappa shape index (κ2) is 5.51. The molecule has 3 N–H and O–H groups in total. The van der Waals surface area contributed by atoms with E-state index in [1.54, 1.807) is 0 Å². The summed E-state index contributed by atoms with van der Waals surface area (Å²) in [4.78, 5) is 10.6. The summed E-state index contributed by atoms with van der Waals surface area (Å²) in [6, 6.07) is 6.48. The maximum atomic E-state index is 10.6. The van der Waals surface area contributed by atoms with Gasteiger partial charge in [0.05, 0.1) is 6.10 Å². The van der Waals surface area contributed by atoms with E-state index in [-0.39, 0.29) is 6.10 Å². The Morgan fingerprint density at radius 2 is 2.19 bits per heavy atom. The van der Waals surface area contributed by atoms with E-state index in [1.807, 2.05) is 38.1 Å². The Labute approximate surface area is 95.0 Å². The molecule has 1 aromatic carbocycles. The molecule has 0 bridgehead atoms. The quantitative estimate of drug-likeness (QED) is 0.792. The Morgan fingerprint density at radius 3 is 2.75 bits per heavy atom. The number of carboxylic acids is 1. The van der Waals surface area contributed by atoms with Gasteiger partial charge in [-0.1, -0.05) is 12.1 Å². The summed E-state index contributed by atoms with van der Waals surface area (Å²) in [5.41, 5.74) is 6.33. The standard InChI is InChI=1S/C12H17NO3/c1-8(2)16-10-5-3-4-9(6-10)7-11(13)12(14)15/h3-6,8,11H,7,13H2,1-2H3,(H,14,15)/t11-/m0/s1. The lowest BCUT2D eigenvalue weighted by molar-refractivity contribution is -0.138. The molecule has 0 saturated carbocycles. The predicted octanol–water partition coefficient (Wildman–Crippen LogP) is 1.43. The summed E-state index contributed by atoms with van der Waals surface area (Å²) < 4.78 is 5.51. The topological polar surface area (TPSA) is 72.5 Å². The maximum absolute atomic E-state index is 10.6. The summed E-state index contributed by atoms with van der Waals surface area (Å²) in [6.07, 6.45) is 0.411. The molecule has 0 amide bonds. The van der Waals surface area contributed by atoms with Crippen LogP contribution in [-0.4, -0.2) is 23.2 Å². The minimum atomic E-state index is -0.991. The van der Waals surface area contributed by atoms with E-state index < -0.39 is 12.0 Å². The molecule has 88 valence electrons. The van der Waals surface area contributed by atoms with Crippen LogP contribution in [-0.2, 0) is 11.2 Å². The average molecular weight is 223 g/mol. The van der Waals surface area contributed by atoms with Crippen molar-refractivity contribution in [2.45, 2.75) is 32.4 Å². The molecule has 0 radical (unpaired) electrons. The summed E-state index contributed by atoms with van der Waals surface area (Å²) >= 11 is 0. The minimum absolute atomic E-state index is 0.100. The van der Waals surface area contributed by atoms with Crippen LogP contribution in [0.3, 0.4) is 0 Å². The number of ether oxygens (including phenoxy) is 1. The number of nitrogens with two attached hydrogens (primary N) is 1. The van der Waals surface area contributed by atoms with Crippen LogP contribution in [0.15, 0.2) is 24.3 Å². The number of carboxylic acid groups (broad SMARTS) is 1. The fourth-order valence-corrected chi connectivity index (χ4v) is 1.36. The Hall–Kier alpha value is -1.55. The number of rotatable bonds is 5. The van der Waals surface area contributed by atoms with E-state index in [2.05, 4.69) is 0 Å². The molecular weight excluding hydrogens is 206 g/mol. The van der Waals surface area contributed by atoms with E-state index in [4.69, 9.17) is 15.6 Å². The lowest BCUT2D eigenvalue weighted by Gasteiger charge is -2.11. The van der Waals surface area contributed by atoms with E-state index in [1.165, 1.54) is 0 Å². The SMILES string of the molecule is CC(C)Oc1cccc(C[C@H](N)C(=O)O)c1. The van der Waals surface area contributed by atoms with E-state index in [0.29, 0.717) is 6.42 Å². The molecule has 4 heteroatoms. The molecule has 1 aromatic rings. The third-order valence-electron chi connectivity index (χ3n) is 2.04. The average Bonchev–Trinajstić information content (AvgIpc) is 2.16. The third-order valence-corrected chi connectivity index (χ3v) is 2.04. The third kappa shape index (κ3) is 3.90. The Morgan fingerprint density at radius 1 is 1.50 bits per heavy atom. The molecule has 0 aromatic heterocycles. The van der Waals surface area contributed by atoms with Gasteiger partial charge < -0.3 is 15.6 Å². The highest BCUT2D eigenvalue weighted by Gasteiger charge is 2.12. The first-order valence-electron chi connectivity index (χ1n) is 5.23. The first kappa shape index (κ1) is 12.5. The van der Waals surface area contributed by atoms with Gasteiger partial charge in [-0.2, -0.15) is 0 Å². The van der Waals surface area contributed by atoms with Crippen molar-refractivity contribution in [3.05, 3.63) is 29.8 Å². The van der Waals surface area contributed by atoms with Crippen molar-refractivity contribution in [3.8, 4) is 5.75 Å². The lowest BCUT2D eigenvalue weighted by atomic mass is 10.1. The number of hydrogen-bond donors (Lipinski definition) is 2. The van der Waals surface area contributed by atoms with Gasteiger partial charge in [0, 0.05) is 0 Å². The number of carbonyl (C=O) groups is 1. The molecule has 0 aliphatic rings. The number of hydrogen-bond acceptors (Lipinski definition) is 3. The highest BCUT2D eigenvalue weighted by atomic mass is 16.5. The van der Waals surface area contributed by atoms with Crippen LogP contribution in [0.25, 0.3) is 0 Å². The molecule has 1 atom stereocenters. The molecular formula is C12H17NO3. The van der Waals surface area contributed by atoms with E-state index in [0.717, 1.165) is 11.3 Å². The van der Waals surface area contributed by atoms with Crippen molar-refractivity contribution < 1.29 is 14.6 Å². The van der Waals surface area contributed by atoms with Crippen LogP contribution in [0.5, 0.6) is 5.75 Å². The highest BCUT2D eigenvalue weighted by Crippen LogP contribution is 2.15. The van der Waals surface area contributed by atoms with Gasteiger partial charge in [-0.3, -0.25) is 4.79 Å². The minimum Gasteiger partial charge on any atom is -0.491 e. The van der Waals surface area contributed by atoms with Crippen LogP contribution < -0.4 is 10.5 Å². The number of benzene rings is 1. The molecule has 0 unspecified atom stereocenters. The molecule has 0 aliphatic carbocycles. The van der Waals surface area contributed by atoms with Crippen LogP contribution in [0.4, 0.5) is 0 Å². The van der Waals surface area contributed by atoms with Crippen molar-refractivity contribution in [1.82, 2.24) is 0 Å². The lowest BCUT2D eigenvalue weighted by Crippen LogP contribution is -2.32. The Balaban J connectivity index is 2.70. The molecule has 0 spiro atoms. The molecule has 1 rings (SSSR count). The van der Waals surface area contributed by atoms with Gasteiger partial charge >= 0.3 is 5.97 Å². The van der Waals surface area contributed by atoms with Gasteiger partial charge in [-0.05, 0) is 38.0 Å². The van der Waals surface area contributed by atoms with Gasteiger partial charge in [0.15, 0.2) is 0 Å². The summed E-state index contributed by atoms with van der Waals surface area (Å²) in [5, 5.41) is 8.70. The first-order valence-corrected chi connectivity index (χ1v) is 5.23. The van der Waals surface area contributed by atoms with Crippen LogP contribution in [0.1, 0.15) is 19.4 Å². The molecule has 0 aliphatic heterocycles. The summed E-state index contributed by atoms with van der Waals surface area (Å²) in [6.45, 7) is 3.88. The van der Waals surface area contributed by atoms with Crippen molar-refractivity contribution in [2.75, 3.05) is 0 Å². The fourth-order valence-electron chi connectivity index (χ4n) is 1.36. The van der Waals surface area contributed by atoms with Crippen LogP contribution >= 0.6 is 0 Å². The second-order valence-electron chi connectivity index (χ2n) is 3.96. The van der Waals surface area contributed by atoms with E-state index >= 15 is 0 Å². The molecule has 16 heavy (non-hydrogen) atoms. The zero-order chi connectivity index (χ0) is 12.1. The summed E-state index contributed by atoms with van der Waals surface area (Å²) in [7, 11) is 0. The smallest absolute Gasteiger partial charge is 0.320 e. The monoisotopic (exact) mass is 223 g/mol. The molecule has 0 saturated heterocycles. The predicted molar refractivity (Wildman–Crippen MR) is 61.5 cm³/mol. The zero-order valence-electron chi connectivity index (χ0n) is 9.51. The molecule has 0 heterocycles. The molecule has 0 fully saturated rings. The van der Waals surface area contributed by atoms with Crippen LogP contribution in [0.2, 0.25) is 0 Å². The Bertz CT molecular complexity index is 363. The normalized spacial score (nSPS) is 12.5. The Kier molecular flexibility index (Phi) is 4.31. The van der Waals surface area contributed by atoms with Crippen molar-refractivity contribution >= 4 is 5.97 Å². The number of aliphatic carboxylic acids is 1. The molecule has 4 nitrogen and oxygen atoms in total. The van der Waals surface area contributed by atoms with Gasteiger partial charge in [0.2, 0.25) is 0 Å². The van der Waals surface area contributed by atoms with Gasteiger partial charge in [0.25, 0.3) is 0 Å². The van der Waals surface area contributed by atoms with Crippen molar-refractivity contribution in [2.24, 2.45) is 5.73 Å².